The Balaban J connectivity index is 1.52. The Labute approximate surface area is 236 Å². The largest absolute Gasteiger partial charge is 0.493 e. The van der Waals surface area contributed by atoms with Gasteiger partial charge in [-0.05, 0) is 61.4 Å². The molecule has 0 unspecified atom stereocenters. The third-order valence-electron chi connectivity index (χ3n) is 6.35. The number of hydrogen-bond acceptors (Lipinski definition) is 7. The van der Waals surface area contributed by atoms with Crippen molar-refractivity contribution >= 4 is 40.9 Å². The van der Waals surface area contributed by atoms with Gasteiger partial charge in [0.25, 0.3) is 5.91 Å². The predicted molar refractivity (Wildman–Crippen MR) is 155 cm³/mol. The van der Waals surface area contributed by atoms with Gasteiger partial charge in [-0.1, -0.05) is 59.3 Å². The van der Waals surface area contributed by atoms with Gasteiger partial charge in [-0.2, -0.15) is 4.98 Å². The van der Waals surface area contributed by atoms with Crippen molar-refractivity contribution in [1.29, 1.82) is 0 Å². The highest BCUT2D eigenvalue weighted by Gasteiger charge is 2.35. The molecule has 0 fully saturated rings. The zero-order valence-electron chi connectivity index (χ0n) is 22.0. The van der Waals surface area contributed by atoms with Crippen molar-refractivity contribution in [2.45, 2.75) is 30.8 Å². The van der Waals surface area contributed by atoms with E-state index in [1.54, 1.807) is 54.9 Å². The highest BCUT2D eigenvalue weighted by molar-refractivity contribution is 7.98. The van der Waals surface area contributed by atoms with Crippen LogP contribution in [-0.4, -0.2) is 34.9 Å². The molecule has 0 saturated carbocycles. The fourth-order valence-electron chi connectivity index (χ4n) is 4.50. The van der Waals surface area contributed by atoms with Crippen molar-refractivity contribution in [3.63, 3.8) is 0 Å². The molecule has 10 heteroatoms. The van der Waals surface area contributed by atoms with Crippen molar-refractivity contribution in [2.75, 3.05) is 24.9 Å². The minimum absolute atomic E-state index is 0.266. The van der Waals surface area contributed by atoms with Gasteiger partial charge in [0, 0.05) is 22.2 Å². The molecule has 0 aliphatic carbocycles. The quantitative estimate of drug-likeness (QED) is 0.238. The van der Waals surface area contributed by atoms with Crippen molar-refractivity contribution in [3.05, 3.63) is 99.7 Å². The van der Waals surface area contributed by atoms with E-state index in [9.17, 15) is 4.79 Å². The minimum atomic E-state index is -0.561. The van der Waals surface area contributed by atoms with Gasteiger partial charge >= 0.3 is 0 Å². The maximum Gasteiger partial charge on any atom is 0.255 e. The van der Waals surface area contributed by atoms with Crippen LogP contribution in [0.2, 0.25) is 5.02 Å². The summed E-state index contributed by atoms with van der Waals surface area (Å²) in [6.45, 7) is 3.94. The van der Waals surface area contributed by atoms with E-state index in [2.05, 4.69) is 35.8 Å². The molecule has 1 aliphatic heterocycles. The second-order valence-corrected chi connectivity index (χ2v) is 10.5. The molecule has 5 rings (SSSR count). The zero-order valence-corrected chi connectivity index (χ0v) is 23.6. The zero-order chi connectivity index (χ0) is 27.5. The van der Waals surface area contributed by atoms with Gasteiger partial charge in [-0.3, -0.25) is 4.79 Å². The lowest BCUT2D eigenvalue weighted by Gasteiger charge is -2.29. The van der Waals surface area contributed by atoms with Crippen LogP contribution in [0.3, 0.4) is 0 Å². The number of halogens is 1. The van der Waals surface area contributed by atoms with E-state index in [0.717, 1.165) is 11.3 Å². The number of aryl methyl sites for hydroxylation is 1. The number of nitrogens with one attached hydrogen (secondary N) is 2. The highest BCUT2D eigenvalue weighted by Crippen LogP contribution is 2.40. The molecule has 1 aliphatic rings. The van der Waals surface area contributed by atoms with E-state index in [-0.39, 0.29) is 5.91 Å². The van der Waals surface area contributed by atoms with Crippen LogP contribution in [0, 0.1) is 6.92 Å². The molecule has 1 aromatic heterocycles. The number of thioether (sulfide) groups is 1. The summed E-state index contributed by atoms with van der Waals surface area (Å²) in [7, 11) is 3.17. The molecule has 1 atom stereocenters. The minimum Gasteiger partial charge on any atom is -0.493 e. The van der Waals surface area contributed by atoms with Gasteiger partial charge in [0.2, 0.25) is 11.1 Å². The lowest BCUT2D eigenvalue weighted by molar-refractivity contribution is -0.113. The number of carbonyl (C=O) groups is 1. The first-order chi connectivity index (χ1) is 18.9. The van der Waals surface area contributed by atoms with E-state index in [1.807, 2.05) is 31.2 Å². The number of anilines is 2. The van der Waals surface area contributed by atoms with E-state index in [0.29, 0.717) is 44.6 Å². The topological polar surface area (TPSA) is 90.3 Å². The summed E-state index contributed by atoms with van der Waals surface area (Å²) in [6.07, 6.45) is 0. The van der Waals surface area contributed by atoms with Crippen LogP contribution in [0.25, 0.3) is 0 Å². The molecular formula is C29H28ClN5O3S. The van der Waals surface area contributed by atoms with Crippen molar-refractivity contribution < 1.29 is 14.3 Å². The van der Waals surface area contributed by atoms with Gasteiger partial charge in [0.1, 0.15) is 6.04 Å². The maximum atomic E-state index is 13.7. The fraction of sp³-hybridized carbons (Fsp3) is 0.207. The molecule has 2 heterocycles. The average Bonchev–Trinajstić information content (AvgIpc) is 3.34. The standard InChI is InChI=1S/C29H28ClN5O3S/c1-17-6-5-7-19(14-17)16-39-29-33-28-31-18(2)25(27(36)32-22-11-9-21(30)10-12-22)26(35(28)34-29)20-8-13-23(37-3)24(15-20)38-4/h5-15,26H,16H2,1-4H3,(H,32,36)(H,31,33,34)/t26-/m1/s1. The molecule has 2 N–H and O–H groups in total. The van der Waals surface area contributed by atoms with Crippen molar-refractivity contribution in [3.8, 4) is 11.5 Å². The summed E-state index contributed by atoms with van der Waals surface area (Å²) in [5.74, 6) is 2.16. The molecular weight excluding hydrogens is 534 g/mol. The molecule has 3 aromatic carbocycles. The third-order valence-corrected chi connectivity index (χ3v) is 7.51. The first-order valence-corrected chi connectivity index (χ1v) is 13.6. The Morgan fingerprint density at radius 2 is 1.82 bits per heavy atom. The molecule has 0 saturated heterocycles. The van der Waals surface area contributed by atoms with E-state index >= 15 is 0 Å². The second kappa shape index (κ2) is 11.4. The van der Waals surface area contributed by atoms with E-state index in [1.165, 1.54) is 11.1 Å². The normalized spacial score (nSPS) is 14.4. The number of benzene rings is 3. The van der Waals surface area contributed by atoms with Gasteiger partial charge < -0.3 is 20.1 Å². The Bertz CT molecular complexity index is 1550. The number of methoxy groups -OCH3 is 2. The number of ether oxygens (including phenoxy) is 2. The summed E-state index contributed by atoms with van der Waals surface area (Å²) >= 11 is 7.58. The number of aromatic nitrogens is 3. The predicted octanol–water partition coefficient (Wildman–Crippen LogP) is 6.48. The molecule has 200 valence electrons. The summed E-state index contributed by atoms with van der Waals surface area (Å²) in [6, 6.07) is 20.4. The monoisotopic (exact) mass is 561 g/mol. The summed E-state index contributed by atoms with van der Waals surface area (Å²) in [5, 5.41) is 12.3. The Kier molecular flexibility index (Phi) is 7.81. The number of allylic oxidation sites excluding steroid dienone is 1. The van der Waals surface area contributed by atoms with Crippen LogP contribution < -0.4 is 20.1 Å². The first kappa shape index (κ1) is 26.6. The summed E-state index contributed by atoms with van der Waals surface area (Å²) in [4.78, 5) is 18.5. The van der Waals surface area contributed by atoms with Gasteiger partial charge in [-0.25, -0.2) is 4.68 Å². The van der Waals surface area contributed by atoms with Crippen LogP contribution in [0.1, 0.15) is 29.7 Å². The van der Waals surface area contributed by atoms with Gasteiger partial charge in [0.15, 0.2) is 11.5 Å². The number of rotatable bonds is 8. The van der Waals surface area contributed by atoms with E-state index in [4.69, 9.17) is 31.2 Å². The fourth-order valence-corrected chi connectivity index (χ4v) is 5.40. The van der Waals surface area contributed by atoms with Gasteiger partial charge in [0.05, 0.1) is 19.8 Å². The summed E-state index contributed by atoms with van der Waals surface area (Å²) in [5.41, 5.74) is 5.01. The lowest BCUT2D eigenvalue weighted by atomic mass is 9.94. The molecule has 0 spiro atoms. The molecule has 0 radical (unpaired) electrons. The third kappa shape index (κ3) is 5.74. The van der Waals surface area contributed by atoms with Crippen LogP contribution in [0.15, 0.2) is 83.2 Å². The molecule has 8 nitrogen and oxygen atoms in total. The molecule has 0 bridgehead atoms. The van der Waals surface area contributed by atoms with Crippen LogP contribution in [0.4, 0.5) is 11.6 Å². The van der Waals surface area contributed by atoms with Crippen LogP contribution in [0.5, 0.6) is 11.5 Å². The second-order valence-electron chi connectivity index (χ2n) is 9.08. The number of nitrogens with zero attached hydrogens (tertiary/aromatic N) is 3. The van der Waals surface area contributed by atoms with Crippen LogP contribution >= 0.6 is 23.4 Å². The smallest absolute Gasteiger partial charge is 0.255 e. The molecule has 4 aromatic rings. The molecule has 1 amide bonds. The average molecular weight is 562 g/mol. The lowest BCUT2D eigenvalue weighted by Crippen LogP contribution is -2.31. The highest BCUT2D eigenvalue weighted by atomic mass is 35.5. The summed E-state index contributed by atoms with van der Waals surface area (Å²) < 4.78 is 12.8. The van der Waals surface area contributed by atoms with Crippen molar-refractivity contribution in [2.24, 2.45) is 0 Å². The number of hydrogen-bond donors (Lipinski definition) is 2. The van der Waals surface area contributed by atoms with Crippen molar-refractivity contribution in [1.82, 2.24) is 14.8 Å². The Morgan fingerprint density at radius 3 is 2.54 bits per heavy atom. The number of fused-ring (bicyclic) bond motifs is 1. The Hall–Kier alpha value is -3.95. The number of carbonyl (C=O) groups excluding carboxylic acids is 1. The number of amides is 1. The SMILES string of the molecule is COc1ccc([C@@H]2C(C(=O)Nc3ccc(Cl)cc3)=C(C)Nc3nc(SCc4cccc(C)c4)nn32)cc1OC. The van der Waals surface area contributed by atoms with Crippen LogP contribution in [-0.2, 0) is 10.5 Å². The van der Waals surface area contributed by atoms with Gasteiger partial charge in [-0.15, -0.1) is 5.10 Å². The Morgan fingerprint density at radius 1 is 1.05 bits per heavy atom. The molecule has 39 heavy (non-hydrogen) atoms. The first-order valence-electron chi connectivity index (χ1n) is 12.3. The van der Waals surface area contributed by atoms with E-state index < -0.39 is 6.04 Å². The maximum absolute atomic E-state index is 13.7.